The summed E-state index contributed by atoms with van der Waals surface area (Å²) in [6.07, 6.45) is 0. The molecule has 0 unspecified atom stereocenters. The Morgan fingerprint density at radius 3 is 2.27 bits per heavy atom. The number of nitrogens with two attached hydrogens (primary N) is 1. The van der Waals surface area contributed by atoms with Crippen LogP contribution < -0.4 is 5.73 Å². The van der Waals surface area contributed by atoms with Crippen LogP contribution in [-0.4, -0.2) is 24.0 Å². The van der Waals surface area contributed by atoms with Gasteiger partial charge in [-0.2, -0.15) is 13.5 Å². The van der Waals surface area contributed by atoms with Crippen molar-refractivity contribution in [2.45, 2.75) is 4.90 Å². The number of primary amides is 1. The maximum absolute atomic E-state index is 11.2. The lowest BCUT2D eigenvalue weighted by Gasteiger charge is -2.05. The number of azo groups is 1. The van der Waals surface area contributed by atoms with E-state index in [2.05, 4.69) is 10.2 Å². The van der Waals surface area contributed by atoms with Crippen molar-refractivity contribution in [1.29, 1.82) is 0 Å². The van der Waals surface area contributed by atoms with Gasteiger partial charge >= 0.3 is 0 Å². The lowest BCUT2D eigenvalue weighted by atomic mass is 10.1. The van der Waals surface area contributed by atoms with Gasteiger partial charge in [-0.25, -0.2) is 0 Å². The predicted molar refractivity (Wildman–Crippen MR) is 94.6 cm³/mol. The van der Waals surface area contributed by atoms with Crippen LogP contribution in [0.2, 0.25) is 0 Å². The highest BCUT2D eigenvalue weighted by Crippen LogP contribution is 2.37. The van der Waals surface area contributed by atoms with Gasteiger partial charge in [-0.15, -0.1) is 5.11 Å². The van der Waals surface area contributed by atoms with Crippen molar-refractivity contribution in [3.05, 3.63) is 60.2 Å². The summed E-state index contributed by atoms with van der Waals surface area (Å²) in [6.45, 7) is 0. The molecule has 0 atom stereocenters. The number of nitrogens with zero attached hydrogens (tertiary/aromatic N) is 2. The molecular weight excluding hydrogens is 358 g/mol. The van der Waals surface area contributed by atoms with Crippen LogP contribution in [0.3, 0.4) is 0 Å². The van der Waals surface area contributed by atoms with E-state index in [0.717, 1.165) is 0 Å². The number of amides is 1. The van der Waals surface area contributed by atoms with Crippen molar-refractivity contribution in [3.63, 3.8) is 0 Å². The van der Waals surface area contributed by atoms with Crippen LogP contribution in [0.1, 0.15) is 10.4 Å². The van der Waals surface area contributed by atoms with Crippen molar-refractivity contribution in [1.82, 2.24) is 0 Å². The lowest BCUT2D eigenvalue weighted by molar-refractivity contribution is 0.100. The average Bonchev–Trinajstić information content (AvgIpc) is 2.60. The molecule has 8 nitrogen and oxygen atoms in total. The maximum Gasteiger partial charge on any atom is 0.294 e. The van der Waals surface area contributed by atoms with Crippen LogP contribution in [-0.2, 0) is 10.1 Å². The van der Waals surface area contributed by atoms with E-state index in [1.165, 1.54) is 42.5 Å². The number of hydrogen-bond acceptors (Lipinski definition) is 6. The Morgan fingerprint density at radius 1 is 0.962 bits per heavy atom. The van der Waals surface area contributed by atoms with Crippen molar-refractivity contribution in [2.75, 3.05) is 0 Å². The monoisotopic (exact) mass is 371 g/mol. The number of hydrogen-bond donors (Lipinski definition) is 3. The number of rotatable bonds is 4. The minimum absolute atomic E-state index is 0.142. The van der Waals surface area contributed by atoms with Crippen molar-refractivity contribution < 1.29 is 22.9 Å². The predicted octanol–water partition coefficient (Wildman–Crippen LogP) is 3.31. The third kappa shape index (κ3) is 3.53. The third-order valence-corrected chi connectivity index (χ3v) is 4.51. The summed E-state index contributed by atoms with van der Waals surface area (Å²) in [5.74, 6) is -0.704. The molecule has 0 spiro atoms. The Hall–Kier alpha value is -3.30. The average molecular weight is 371 g/mol. The Kier molecular flexibility index (Phi) is 4.41. The molecule has 0 saturated heterocycles. The van der Waals surface area contributed by atoms with Gasteiger partial charge in [0.25, 0.3) is 10.1 Å². The quantitative estimate of drug-likeness (QED) is 0.476. The molecule has 0 saturated carbocycles. The van der Waals surface area contributed by atoms with Crippen molar-refractivity contribution >= 4 is 38.2 Å². The highest BCUT2D eigenvalue weighted by Gasteiger charge is 2.13. The topological polar surface area (TPSA) is 142 Å². The second-order valence-electron chi connectivity index (χ2n) is 5.40. The van der Waals surface area contributed by atoms with Crippen molar-refractivity contribution in [2.24, 2.45) is 16.0 Å². The van der Waals surface area contributed by atoms with Gasteiger partial charge in [-0.05, 0) is 47.9 Å². The summed E-state index contributed by atoms with van der Waals surface area (Å²) < 4.78 is 31.6. The number of fused-ring (bicyclic) bond motifs is 1. The number of carbonyl (C=O) groups excluding carboxylic acids is 1. The molecule has 132 valence electrons. The fourth-order valence-electron chi connectivity index (χ4n) is 2.35. The standard InChI is InChI=1S/C17H13N3O5S/c18-17(22)10-1-4-12(5-2-10)19-20-16-14-7-6-13(26(23,24)25)9-11(14)3-8-15(16)21/h1-9,21H,(H2,18,22)(H,23,24,25). The SMILES string of the molecule is NC(=O)c1ccc(N=Nc2c(O)ccc3cc(S(=O)(=O)O)ccc23)cc1. The molecular formula is C17H13N3O5S. The summed E-state index contributed by atoms with van der Waals surface area (Å²) in [7, 11) is -4.34. The molecule has 3 aromatic carbocycles. The Balaban J connectivity index is 2.03. The summed E-state index contributed by atoms with van der Waals surface area (Å²) in [4.78, 5) is 10.8. The molecule has 1 amide bonds. The van der Waals surface area contributed by atoms with Gasteiger partial charge in [0.1, 0.15) is 11.4 Å². The van der Waals surface area contributed by atoms with E-state index in [1.807, 2.05) is 0 Å². The molecule has 0 radical (unpaired) electrons. The van der Waals surface area contributed by atoms with E-state index >= 15 is 0 Å². The molecule has 9 heteroatoms. The van der Waals surface area contributed by atoms with Crippen LogP contribution in [0.5, 0.6) is 5.75 Å². The molecule has 3 aromatic rings. The van der Waals surface area contributed by atoms with Gasteiger partial charge in [0.15, 0.2) is 0 Å². The zero-order valence-electron chi connectivity index (χ0n) is 13.2. The maximum atomic E-state index is 11.2. The van der Waals surface area contributed by atoms with E-state index < -0.39 is 16.0 Å². The summed E-state index contributed by atoms with van der Waals surface area (Å²) in [5, 5.41) is 19.0. The van der Waals surface area contributed by atoms with E-state index in [-0.39, 0.29) is 16.3 Å². The van der Waals surface area contributed by atoms with Crippen LogP contribution in [0.25, 0.3) is 10.8 Å². The Labute approximate surface area is 148 Å². The zero-order chi connectivity index (χ0) is 18.9. The molecule has 0 heterocycles. The molecule has 26 heavy (non-hydrogen) atoms. The first-order chi connectivity index (χ1) is 12.3. The van der Waals surface area contributed by atoms with Gasteiger partial charge in [0, 0.05) is 10.9 Å². The van der Waals surface area contributed by atoms with Crippen LogP contribution in [0.4, 0.5) is 11.4 Å². The van der Waals surface area contributed by atoms with E-state index in [9.17, 15) is 18.3 Å². The first kappa shape index (κ1) is 17.5. The molecule has 0 aliphatic carbocycles. The highest BCUT2D eigenvalue weighted by atomic mass is 32.2. The lowest BCUT2D eigenvalue weighted by Crippen LogP contribution is -2.10. The minimum Gasteiger partial charge on any atom is -0.506 e. The molecule has 4 N–H and O–H groups in total. The Bertz CT molecular complexity index is 1140. The van der Waals surface area contributed by atoms with E-state index in [1.54, 1.807) is 12.1 Å². The minimum atomic E-state index is -4.34. The molecule has 3 rings (SSSR count). The number of phenols is 1. The molecule has 0 bridgehead atoms. The van der Waals surface area contributed by atoms with Crippen LogP contribution >= 0.6 is 0 Å². The molecule has 0 aliphatic heterocycles. The van der Waals surface area contributed by atoms with Crippen LogP contribution in [0, 0.1) is 0 Å². The molecule has 0 fully saturated rings. The second kappa shape index (κ2) is 6.54. The zero-order valence-corrected chi connectivity index (χ0v) is 14.0. The summed E-state index contributed by atoms with van der Waals surface area (Å²) >= 11 is 0. The van der Waals surface area contributed by atoms with Gasteiger partial charge in [0.05, 0.1) is 10.6 Å². The van der Waals surface area contributed by atoms with Gasteiger partial charge < -0.3 is 10.8 Å². The molecule has 0 aromatic heterocycles. The van der Waals surface area contributed by atoms with Gasteiger partial charge in [-0.1, -0.05) is 12.1 Å². The summed E-state index contributed by atoms with van der Waals surface area (Å²) in [6, 6.07) is 12.8. The first-order valence-electron chi connectivity index (χ1n) is 7.30. The second-order valence-corrected chi connectivity index (χ2v) is 6.82. The fourth-order valence-corrected chi connectivity index (χ4v) is 2.86. The van der Waals surface area contributed by atoms with Gasteiger partial charge in [-0.3, -0.25) is 9.35 Å². The van der Waals surface area contributed by atoms with E-state index in [0.29, 0.717) is 22.0 Å². The van der Waals surface area contributed by atoms with Gasteiger partial charge in [0.2, 0.25) is 5.91 Å². The smallest absolute Gasteiger partial charge is 0.294 e. The number of phenolic OH excluding ortho intramolecular Hbond substituents is 1. The fraction of sp³-hybridized carbons (Fsp3) is 0. The highest BCUT2D eigenvalue weighted by molar-refractivity contribution is 7.85. The number of aromatic hydroxyl groups is 1. The van der Waals surface area contributed by atoms with Crippen LogP contribution in [0.15, 0.2) is 69.7 Å². The van der Waals surface area contributed by atoms with E-state index in [4.69, 9.17) is 10.3 Å². The number of benzene rings is 3. The third-order valence-electron chi connectivity index (χ3n) is 3.66. The first-order valence-corrected chi connectivity index (χ1v) is 8.74. The molecule has 0 aliphatic rings. The normalized spacial score (nSPS) is 11.9. The summed E-state index contributed by atoms with van der Waals surface area (Å²) in [5.41, 5.74) is 6.07. The largest absolute Gasteiger partial charge is 0.506 e. The van der Waals surface area contributed by atoms with Crippen molar-refractivity contribution in [3.8, 4) is 5.75 Å². The Morgan fingerprint density at radius 2 is 1.65 bits per heavy atom. The number of carbonyl (C=O) groups is 1.